The van der Waals surface area contributed by atoms with Crippen molar-refractivity contribution in [3.05, 3.63) is 0 Å². The predicted molar refractivity (Wildman–Crippen MR) is 55.7 cm³/mol. The molecule has 0 amide bonds. The van der Waals surface area contributed by atoms with Crippen LogP contribution in [-0.2, 0) is 0 Å². The lowest BCUT2D eigenvalue weighted by Gasteiger charge is -2.29. The summed E-state index contributed by atoms with van der Waals surface area (Å²) in [6, 6.07) is 0.364. The fourth-order valence-electron chi connectivity index (χ4n) is 1.85. The molecule has 0 aromatic carbocycles. The van der Waals surface area contributed by atoms with Crippen molar-refractivity contribution in [3.63, 3.8) is 0 Å². The molecule has 1 aliphatic carbocycles. The van der Waals surface area contributed by atoms with Crippen LogP contribution in [0.1, 0.15) is 46.0 Å². The van der Waals surface area contributed by atoms with Crippen molar-refractivity contribution < 1.29 is 5.11 Å². The Morgan fingerprint density at radius 3 is 2.69 bits per heavy atom. The Balaban J connectivity index is 2.18. The summed E-state index contributed by atoms with van der Waals surface area (Å²) in [6.45, 7) is 5.52. The SMILES string of the molecule is CC[C@H](C)CN[C@@H]1CCCC[C@@H]1O. The molecule has 78 valence electrons. The summed E-state index contributed by atoms with van der Waals surface area (Å²) >= 11 is 0. The Morgan fingerprint density at radius 2 is 2.08 bits per heavy atom. The molecule has 1 fully saturated rings. The molecule has 0 unspecified atom stereocenters. The summed E-state index contributed by atoms with van der Waals surface area (Å²) in [4.78, 5) is 0. The van der Waals surface area contributed by atoms with Crippen LogP contribution < -0.4 is 5.32 Å². The van der Waals surface area contributed by atoms with Gasteiger partial charge in [-0.15, -0.1) is 0 Å². The third kappa shape index (κ3) is 3.65. The molecule has 0 bridgehead atoms. The van der Waals surface area contributed by atoms with Gasteiger partial charge in [-0.05, 0) is 25.3 Å². The van der Waals surface area contributed by atoms with Gasteiger partial charge in [-0.25, -0.2) is 0 Å². The molecule has 0 radical (unpaired) electrons. The topological polar surface area (TPSA) is 32.3 Å². The fourth-order valence-corrected chi connectivity index (χ4v) is 1.85. The van der Waals surface area contributed by atoms with E-state index in [0.717, 1.165) is 25.3 Å². The van der Waals surface area contributed by atoms with Crippen LogP contribution in [0, 0.1) is 5.92 Å². The zero-order chi connectivity index (χ0) is 9.68. The highest BCUT2D eigenvalue weighted by molar-refractivity contribution is 4.80. The molecule has 0 saturated heterocycles. The van der Waals surface area contributed by atoms with Gasteiger partial charge in [0, 0.05) is 6.04 Å². The van der Waals surface area contributed by atoms with Crippen molar-refractivity contribution in [2.45, 2.75) is 58.1 Å². The van der Waals surface area contributed by atoms with Crippen LogP contribution in [0.15, 0.2) is 0 Å². The van der Waals surface area contributed by atoms with E-state index in [1.807, 2.05) is 0 Å². The van der Waals surface area contributed by atoms with E-state index in [0.29, 0.717) is 6.04 Å². The average Bonchev–Trinajstić information content (AvgIpc) is 2.16. The van der Waals surface area contributed by atoms with E-state index in [-0.39, 0.29) is 6.10 Å². The number of hydrogen-bond donors (Lipinski definition) is 2. The van der Waals surface area contributed by atoms with Crippen molar-refractivity contribution in [2.75, 3.05) is 6.54 Å². The second-order valence-corrected chi connectivity index (χ2v) is 4.38. The summed E-state index contributed by atoms with van der Waals surface area (Å²) in [6.07, 6.45) is 5.72. The number of hydrogen-bond acceptors (Lipinski definition) is 2. The van der Waals surface area contributed by atoms with Crippen LogP contribution in [0.5, 0.6) is 0 Å². The molecule has 0 aromatic heterocycles. The molecule has 13 heavy (non-hydrogen) atoms. The second kappa shape index (κ2) is 5.61. The van der Waals surface area contributed by atoms with Crippen molar-refractivity contribution in [1.29, 1.82) is 0 Å². The van der Waals surface area contributed by atoms with Crippen molar-refractivity contribution in [2.24, 2.45) is 5.92 Å². The highest BCUT2D eigenvalue weighted by Crippen LogP contribution is 2.18. The van der Waals surface area contributed by atoms with Gasteiger partial charge in [-0.3, -0.25) is 0 Å². The Morgan fingerprint density at radius 1 is 1.38 bits per heavy atom. The molecule has 0 aliphatic heterocycles. The predicted octanol–water partition coefficient (Wildman–Crippen LogP) is 1.93. The van der Waals surface area contributed by atoms with Gasteiger partial charge in [0.05, 0.1) is 6.10 Å². The maximum absolute atomic E-state index is 9.69. The fraction of sp³-hybridized carbons (Fsp3) is 1.00. The monoisotopic (exact) mass is 185 g/mol. The van der Waals surface area contributed by atoms with E-state index in [1.165, 1.54) is 19.3 Å². The molecule has 1 saturated carbocycles. The third-order valence-electron chi connectivity index (χ3n) is 3.15. The molecule has 2 N–H and O–H groups in total. The molecule has 2 nitrogen and oxygen atoms in total. The van der Waals surface area contributed by atoms with Gasteiger partial charge in [-0.2, -0.15) is 0 Å². The van der Waals surface area contributed by atoms with Gasteiger partial charge in [0.25, 0.3) is 0 Å². The van der Waals surface area contributed by atoms with Crippen LogP contribution >= 0.6 is 0 Å². The number of aliphatic hydroxyl groups is 1. The van der Waals surface area contributed by atoms with E-state index in [4.69, 9.17) is 0 Å². The third-order valence-corrected chi connectivity index (χ3v) is 3.15. The molecule has 0 heterocycles. The lowest BCUT2D eigenvalue weighted by molar-refractivity contribution is 0.0891. The van der Waals surface area contributed by atoms with Crippen molar-refractivity contribution >= 4 is 0 Å². The van der Waals surface area contributed by atoms with E-state index >= 15 is 0 Å². The minimum absolute atomic E-state index is 0.0993. The van der Waals surface area contributed by atoms with Crippen LogP contribution in [0.25, 0.3) is 0 Å². The Bertz CT molecular complexity index is 138. The van der Waals surface area contributed by atoms with Crippen LogP contribution in [0.2, 0.25) is 0 Å². The maximum atomic E-state index is 9.69. The Labute approximate surface area is 81.7 Å². The molecule has 1 aliphatic rings. The second-order valence-electron chi connectivity index (χ2n) is 4.38. The quantitative estimate of drug-likeness (QED) is 0.701. The summed E-state index contributed by atoms with van der Waals surface area (Å²) in [7, 11) is 0. The Kier molecular flexibility index (Phi) is 4.74. The molecule has 0 spiro atoms. The minimum atomic E-state index is -0.0993. The lowest BCUT2D eigenvalue weighted by atomic mass is 9.92. The first kappa shape index (κ1) is 11.0. The number of rotatable bonds is 4. The van der Waals surface area contributed by atoms with Crippen molar-refractivity contribution in [3.8, 4) is 0 Å². The highest BCUT2D eigenvalue weighted by Gasteiger charge is 2.22. The number of nitrogens with one attached hydrogen (secondary N) is 1. The van der Waals surface area contributed by atoms with Gasteiger partial charge < -0.3 is 10.4 Å². The van der Waals surface area contributed by atoms with Gasteiger partial charge in [0.2, 0.25) is 0 Å². The summed E-state index contributed by atoms with van der Waals surface area (Å²) in [5, 5.41) is 13.2. The van der Waals surface area contributed by atoms with E-state index in [9.17, 15) is 5.11 Å². The maximum Gasteiger partial charge on any atom is 0.0693 e. The van der Waals surface area contributed by atoms with E-state index in [2.05, 4.69) is 19.2 Å². The minimum Gasteiger partial charge on any atom is -0.392 e. The Hall–Kier alpha value is -0.0800. The molecule has 1 rings (SSSR count). The summed E-state index contributed by atoms with van der Waals surface area (Å²) < 4.78 is 0. The largest absolute Gasteiger partial charge is 0.392 e. The first-order valence-electron chi connectivity index (χ1n) is 5.65. The van der Waals surface area contributed by atoms with E-state index < -0.39 is 0 Å². The molecule has 0 aromatic rings. The smallest absolute Gasteiger partial charge is 0.0693 e. The lowest BCUT2D eigenvalue weighted by Crippen LogP contribution is -2.43. The first-order valence-corrected chi connectivity index (χ1v) is 5.65. The summed E-state index contributed by atoms with van der Waals surface area (Å²) in [5.41, 5.74) is 0. The van der Waals surface area contributed by atoms with Crippen LogP contribution in [-0.4, -0.2) is 23.8 Å². The van der Waals surface area contributed by atoms with Gasteiger partial charge >= 0.3 is 0 Å². The highest BCUT2D eigenvalue weighted by atomic mass is 16.3. The molecular weight excluding hydrogens is 162 g/mol. The van der Waals surface area contributed by atoms with Gasteiger partial charge in [0.1, 0.15) is 0 Å². The van der Waals surface area contributed by atoms with Gasteiger partial charge in [0.15, 0.2) is 0 Å². The van der Waals surface area contributed by atoms with E-state index in [1.54, 1.807) is 0 Å². The number of aliphatic hydroxyl groups excluding tert-OH is 1. The molecule has 3 atom stereocenters. The zero-order valence-corrected chi connectivity index (χ0v) is 8.92. The summed E-state index contributed by atoms with van der Waals surface area (Å²) in [5.74, 6) is 0.731. The normalized spacial score (nSPS) is 31.6. The zero-order valence-electron chi connectivity index (χ0n) is 8.92. The van der Waals surface area contributed by atoms with Crippen molar-refractivity contribution in [1.82, 2.24) is 5.32 Å². The standard InChI is InChI=1S/C11H23NO/c1-3-9(2)8-12-10-6-4-5-7-11(10)13/h9-13H,3-8H2,1-2H3/t9-,10+,11-/m0/s1. The van der Waals surface area contributed by atoms with Gasteiger partial charge in [-0.1, -0.05) is 33.1 Å². The average molecular weight is 185 g/mol. The van der Waals surface area contributed by atoms with Crippen LogP contribution in [0.3, 0.4) is 0 Å². The molecule has 2 heteroatoms. The molecular formula is C11H23NO. The first-order chi connectivity index (χ1) is 6.24. The van der Waals surface area contributed by atoms with Crippen LogP contribution in [0.4, 0.5) is 0 Å².